The summed E-state index contributed by atoms with van der Waals surface area (Å²) in [5.74, 6) is -1.47. The molecule has 0 saturated carbocycles. The highest BCUT2D eigenvalue weighted by molar-refractivity contribution is 7.14. The molecule has 1 unspecified atom stereocenters. The summed E-state index contributed by atoms with van der Waals surface area (Å²) in [4.78, 5) is 39.4. The molecule has 7 nitrogen and oxygen atoms in total. The zero-order valence-electron chi connectivity index (χ0n) is 14.7. The summed E-state index contributed by atoms with van der Waals surface area (Å²) in [6, 6.07) is 13.3. The van der Waals surface area contributed by atoms with Crippen molar-refractivity contribution in [3.8, 4) is 0 Å². The van der Waals surface area contributed by atoms with Gasteiger partial charge in [0.15, 0.2) is 16.9 Å². The van der Waals surface area contributed by atoms with Gasteiger partial charge >= 0.3 is 5.97 Å². The lowest BCUT2D eigenvalue weighted by molar-refractivity contribution is -0.123. The lowest BCUT2D eigenvalue weighted by atomic mass is 10.1. The van der Waals surface area contributed by atoms with Crippen molar-refractivity contribution in [2.45, 2.75) is 20.0 Å². The molecule has 3 aromatic rings. The Labute approximate surface area is 159 Å². The summed E-state index contributed by atoms with van der Waals surface area (Å²) in [5.41, 5.74) is 0.650. The van der Waals surface area contributed by atoms with E-state index in [0.717, 1.165) is 22.1 Å². The zero-order valence-corrected chi connectivity index (χ0v) is 15.5. The van der Waals surface area contributed by atoms with E-state index in [1.807, 2.05) is 36.4 Å². The van der Waals surface area contributed by atoms with E-state index in [4.69, 9.17) is 4.74 Å². The highest BCUT2D eigenvalue weighted by atomic mass is 32.1. The number of esters is 1. The first kappa shape index (κ1) is 18.5. The number of carbonyl (C=O) groups excluding carboxylic acids is 3. The van der Waals surface area contributed by atoms with Crippen LogP contribution in [0.5, 0.6) is 0 Å². The number of carbonyl (C=O) groups is 3. The fourth-order valence-electron chi connectivity index (χ4n) is 2.36. The summed E-state index contributed by atoms with van der Waals surface area (Å²) < 4.78 is 5.16. The third kappa shape index (κ3) is 4.68. The Morgan fingerprint density at radius 3 is 2.56 bits per heavy atom. The van der Waals surface area contributed by atoms with Crippen LogP contribution in [0.4, 0.5) is 10.8 Å². The third-order valence-electron chi connectivity index (χ3n) is 3.67. The Morgan fingerprint density at radius 2 is 1.81 bits per heavy atom. The molecule has 0 bridgehead atoms. The number of rotatable bonds is 5. The molecule has 1 atom stereocenters. The second kappa shape index (κ2) is 7.96. The first-order valence-electron chi connectivity index (χ1n) is 8.16. The summed E-state index contributed by atoms with van der Waals surface area (Å²) in [5, 5.41) is 9.03. The summed E-state index contributed by atoms with van der Waals surface area (Å²) >= 11 is 1.10. The standard InChI is InChI=1S/C19H17N3O4S/c1-11(26-18(25)16-10-27-19(22-16)20-12(2)23)17(24)21-15-8-7-13-5-3-4-6-14(13)9-15/h3-11H,1-2H3,(H,21,24)(H,20,22,23). The maximum atomic E-state index is 12.3. The summed E-state index contributed by atoms with van der Waals surface area (Å²) in [7, 11) is 0. The van der Waals surface area contributed by atoms with Crippen LogP contribution in [-0.2, 0) is 14.3 Å². The fourth-order valence-corrected chi connectivity index (χ4v) is 3.09. The summed E-state index contributed by atoms with van der Waals surface area (Å²) in [6.45, 7) is 2.83. The van der Waals surface area contributed by atoms with Gasteiger partial charge < -0.3 is 15.4 Å². The van der Waals surface area contributed by atoms with Gasteiger partial charge in [-0.2, -0.15) is 0 Å². The van der Waals surface area contributed by atoms with Crippen LogP contribution in [0.25, 0.3) is 10.8 Å². The minimum absolute atomic E-state index is 0.0362. The van der Waals surface area contributed by atoms with Crippen molar-refractivity contribution in [2.24, 2.45) is 0 Å². The Morgan fingerprint density at radius 1 is 1.07 bits per heavy atom. The Kier molecular flexibility index (Phi) is 5.46. The van der Waals surface area contributed by atoms with Gasteiger partial charge in [0, 0.05) is 18.0 Å². The van der Waals surface area contributed by atoms with Crippen molar-refractivity contribution in [3.63, 3.8) is 0 Å². The lowest BCUT2D eigenvalue weighted by Gasteiger charge is -2.13. The van der Waals surface area contributed by atoms with Crippen LogP contribution in [0, 0.1) is 0 Å². The molecule has 138 valence electrons. The van der Waals surface area contributed by atoms with Gasteiger partial charge in [-0.15, -0.1) is 11.3 Å². The SMILES string of the molecule is CC(=O)Nc1nc(C(=O)OC(C)C(=O)Nc2ccc3ccccc3c2)cs1. The number of amides is 2. The number of nitrogens with one attached hydrogen (secondary N) is 2. The van der Waals surface area contributed by atoms with Gasteiger partial charge in [0.2, 0.25) is 5.91 Å². The lowest BCUT2D eigenvalue weighted by Crippen LogP contribution is -2.30. The van der Waals surface area contributed by atoms with Gasteiger partial charge in [-0.05, 0) is 29.8 Å². The van der Waals surface area contributed by atoms with E-state index in [-0.39, 0.29) is 11.6 Å². The molecule has 2 amide bonds. The van der Waals surface area contributed by atoms with Gasteiger partial charge in [0.25, 0.3) is 5.91 Å². The van der Waals surface area contributed by atoms with E-state index in [1.165, 1.54) is 19.2 Å². The minimum Gasteiger partial charge on any atom is -0.448 e. The van der Waals surface area contributed by atoms with Crippen molar-refractivity contribution < 1.29 is 19.1 Å². The normalized spacial score (nSPS) is 11.6. The number of fused-ring (bicyclic) bond motifs is 1. The predicted octanol–water partition coefficient (Wildman–Crippen LogP) is 3.44. The van der Waals surface area contributed by atoms with E-state index >= 15 is 0 Å². The van der Waals surface area contributed by atoms with Crippen LogP contribution in [0.1, 0.15) is 24.3 Å². The molecule has 3 rings (SSSR count). The molecule has 1 heterocycles. The molecular formula is C19H17N3O4S. The van der Waals surface area contributed by atoms with Crippen molar-refractivity contribution in [1.29, 1.82) is 0 Å². The Bertz CT molecular complexity index is 1010. The number of ether oxygens (including phenoxy) is 1. The fraction of sp³-hybridized carbons (Fsp3) is 0.158. The summed E-state index contributed by atoms with van der Waals surface area (Å²) in [6.07, 6.45) is -1.00. The smallest absolute Gasteiger partial charge is 0.358 e. The van der Waals surface area contributed by atoms with Crippen molar-refractivity contribution in [1.82, 2.24) is 4.98 Å². The first-order valence-corrected chi connectivity index (χ1v) is 9.04. The number of aromatic nitrogens is 1. The number of hydrogen-bond donors (Lipinski definition) is 2. The molecule has 2 aromatic carbocycles. The number of hydrogen-bond acceptors (Lipinski definition) is 6. The highest BCUT2D eigenvalue weighted by Crippen LogP contribution is 2.20. The molecule has 0 aliphatic carbocycles. The average molecular weight is 383 g/mol. The molecule has 1 aromatic heterocycles. The van der Waals surface area contributed by atoms with Crippen LogP contribution in [0.2, 0.25) is 0 Å². The average Bonchev–Trinajstić information content (AvgIpc) is 3.09. The van der Waals surface area contributed by atoms with Gasteiger partial charge in [0.05, 0.1) is 0 Å². The molecule has 2 N–H and O–H groups in total. The third-order valence-corrected chi connectivity index (χ3v) is 4.42. The van der Waals surface area contributed by atoms with E-state index in [0.29, 0.717) is 10.8 Å². The van der Waals surface area contributed by atoms with Crippen LogP contribution in [0.3, 0.4) is 0 Å². The zero-order chi connectivity index (χ0) is 19.4. The second-order valence-corrected chi connectivity index (χ2v) is 6.68. The molecule has 0 fully saturated rings. The number of nitrogens with zero attached hydrogens (tertiary/aromatic N) is 1. The van der Waals surface area contributed by atoms with Crippen LogP contribution < -0.4 is 10.6 Å². The van der Waals surface area contributed by atoms with Gasteiger partial charge in [-0.1, -0.05) is 30.3 Å². The molecule has 0 saturated heterocycles. The largest absolute Gasteiger partial charge is 0.448 e. The van der Waals surface area contributed by atoms with Crippen LogP contribution >= 0.6 is 11.3 Å². The highest BCUT2D eigenvalue weighted by Gasteiger charge is 2.21. The van der Waals surface area contributed by atoms with Gasteiger partial charge in [0.1, 0.15) is 0 Å². The van der Waals surface area contributed by atoms with Gasteiger partial charge in [-0.3, -0.25) is 9.59 Å². The Hall–Kier alpha value is -3.26. The molecule has 0 radical (unpaired) electrons. The Balaban J connectivity index is 1.61. The molecule has 27 heavy (non-hydrogen) atoms. The van der Waals surface area contributed by atoms with E-state index in [2.05, 4.69) is 15.6 Å². The van der Waals surface area contributed by atoms with Crippen molar-refractivity contribution in [3.05, 3.63) is 53.5 Å². The quantitative estimate of drug-likeness (QED) is 0.658. The maximum Gasteiger partial charge on any atom is 0.358 e. The second-order valence-electron chi connectivity index (χ2n) is 5.82. The van der Waals surface area contributed by atoms with Crippen molar-refractivity contribution in [2.75, 3.05) is 10.6 Å². The molecule has 0 spiro atoms. The molecule has 8 heteroatoms. The van der Waals surface area contributed by atoms with E-state index < -0.39 is 18.0 Å². The molecule has 0 aliphatic heterocycles. The monoisotopic (exact) mass is 383 g/mol. The predicted molar refractivity (Wildman–Crippen MR) is 104 cm³/mol. The minimum atomic E-state index is -1.00. The van der Waals surface area contributed by atoms with E-state index in [9.17, 15) is 14.4 Å². The number of thiazole rings is 1. The number of benzene rings is 2. The number of anilines is 2. The van der Waals surface area contributed by atoms with Crippen molar-refractivity contribution >= 4 is 50.7 Å². The molecule has 0 aliphatic rings. The topological polar surface area (TPSA) is 97.4 Å². The first-order chi connectivity index (χ1) is 12.9. The molecular weight excluding hydrogens is 366 g/mol. The van der Waals surface area contributed by atoms with Gasteiger partial charge in [-0.25, -0.2) is 9.78 Å². The van der Waals surface area contributed by atoms with Crippen LogP contribution in [-0.4, -0.2) is 28.9 Å². The van der Waals surface area contributed by atoms with Crippen LogP contribution in [0.15, 0.2) is 47.8 Å². The van der Waals surface area contributed by atoms with E-state index in [1.54, 1.807) is 6.07 Å². The maximum absolute atomic E-state index is 12.3.